The third-order valence-electron chi connectivity index (χ3n) is 11.8. The molecule has 0 aliphatic carbocycles. The Labute approximate surface area is 386 Å². The molecule has 0 fully saturated rings. The largest absolute Gasteiger partial charge is 0.462 e. The third kappa shape index (κ3) is 50.5. The van der Waals surface area contributed by atoms with E-state index < -0.39 is 6.10 Å². The minimum Gasteiger partial charge on any atom is -0.462 e. The van der Waals surface area contributed by atoms with Crippen LogP contribution in [0.5, 0.6) is 0 Å². The minimum absolute atomic E-state index is 0.0753. The van der Waals surface area contributed by atoms with Crippen LogP contribution in [0.3, 0.4) is 0 Å². The van der Waals surface area contributed by atoms with Crippen LogP contribution in [0.2, 0.25) is 0 Å². The van der Waals surface area contributed by atoms with Gasteiger partial charge in [-0.2, -0.15) is 0 Å². The fraction of sp³-hybridized carbons (Fsp3) is 0.825. The van der Waals surface area contributed by atoms with E-state index in [2.05, 4.69) is 69.4 Å². The zero-order valence-electron chi connectivity index (χ0n) is 41.6. The highest BCUT2D eigenvalue weighted by molar-refractivity contribution is 5.70. The molecule has 362 valence electrons. The Morgan fingerprint density at radius 3 is 1.13 bits per heavy atom. The smallest absolute Gasteiger partial charge is 0.306 e. The summed E-state index contributed by atoms with van der Waals surface area (Å²) in [5.41, 5.74) is 0. The molecular formula is C57H104O5. The molecule has 0 bridgehead atoms. The van der Waals surface area contributed by atoms with E-state index >= 15 is 0 Å². The highest BCUT2D eigenvalue weighted by Crippen LogP contribution is 2.14. The van der Waals surface area contributed by atoms with Gasteiger partial charge < -0.3 is 14.2 Å². The number of carbonyl (C=O) groups excluding carboxylic acids is 2. The van der Waals surface area contributed by atoms with Gasteiger partial charge in [0, 0.05) is 19.4 Å². The van der Waals surface area contributed by atoms with Gasteiger partial charge in [0.15, 0.2) is 6.10 Å². The van der Waals surface area contributed by atoms with Gasteiger partial charge in [-0.3, -0.25) is 9.59 Å². The average Bonchev–Trinajstić information content (AvgIpc) is 3.27. The quantitative estimate of drug-likeness (QED) is 0.0346. The lowest BCUT2D eigenvalue weighted by Crippen LogP contribution is -2.30. The zero-order valence-corrected chi connectivity index (χ0v) is 41.6. The second-order valence-electron chi connectivity index (χ2n) is 18.1. The van der Waals surface area contributed by atoms with Crippen molar-refractivity contribution in [3.63, 3.8) is 0 Å². The first-order valence-corrected chi connectivity index (χ1v) is 27.2. The molecule has 0 aromatic carbocycles. The number of hydrogen-bond acceptors (Lipinski definition) is 5. The van der Waals surface area contributed by atoms with Gasteiger partial charge in [-0.05, 0) is 103 Å². The number of hydrogen-bond donors (Lipinski definition) is 0. The van der Waals surface area contributed by atoms with Crippen LogP contribution in [0.1, 0.15) is 278 Å². The number of carbonyl (C=O) groups is 2. The van der Waals surface area contributed by atoms with Crippen molar-refractivity contribution < 1.29 is 23.8 Å². The Morgan fingerprint density at radius 2 is 0.677 bits per heavy atom. The Hall–Kier alpha value is -2.14. The normalized spacial score (nSPS) is 12.5. The lowest BCUT2D eigenvalue weighted by Gasteiger charge is -2.18. The summed E-state index contributed by atoms with van der Waals surface area (Å²) in [6, 6.07) is 0. The van der Waals surface area contributed by atoms with E-state index in [1.165, 1.54) is 173 Å². The molecule has 62 heavy (non-hydrogen) atoms. The summed E-state index contributed by atoms with van der Waals surface area (Å²) < 4.78 is 17.4. The standard InChI is InChI=1S/C57H104O5/c1-4-7-10-13-16-19-22-25-27-28-29-31-34-37-40-43-46-49-52-60-53-55(62-57(59)51-48-45-42-39-36-32-24-21-18-15-12-9-6-3)54-61-56(58)50-47-44-41-38-35-33-30-26-23-20-17-14-11-8-5-2/h17,20-21,24-27,30,55H,4-16,18-19,22-23,28-29,31-54H2,1-3H3/b20-17-,24-21-,27-25-,30-26-. The molecular weight excluding hydrogens is 765 g/mol. The molecule has 0 saturated heterocycles. The zero-order chi connectivity index (χ0) is 44.9. The molecule has 0 N–H and O–H groups in total. The topological polar surface area (TPSA) is 61.8 Å². The Kier molecular flexibility index (Phi) is 51.4. The SMILES string of the molecule is CCCCC/C=C\C/C=C\CCCCCCCC(=O)OCC(COCCCCCCCCCC/C=C\CCCCCCCC)OC(=O)CCCCCCC/C=C\CCCCCC. The Balaban J connectivity index is 4.27. The van der Waals surface area contributed by atoms with E-state index in [4.69, 9.17) is 14.2 Å². The van der Waals surface area contributed by atoms with Crippen molar-refractivity contribution in [2.24, 2.45) is 0 Å². The van der Waals surface area contributed by atoms with Gasteiger partial charge in [-0.25, -0.2) is 0 Å². The Morgan fingerprint density at radius 1 is 0.355 bits per heavy atom. The molecule has 0 spiro atoms. The highest BCUT2D eigenvalue weighted by Gasteiger charge is 2.17. The predicted octanol–water partition coefficient (Wildman–Crippen LogP) is 18.3. The first-order chi connectivity index (χ1) is 30.6. The molecule has 0 amide bonds. The van der Waals surface area contributed by atoms with Crippen LogP contribution < -0.4 is 0 Å². The van der Waals surface area contributed by atoms with E-state index in [1.54, 1.807) is 0 Å². The van der Waals surface area contributed by atoms with Crippen LogP contribution in [0.25, 0.3) is 0 Å². The van der Waals surface area contributed by atoms with Crippen molar-refractivity contribution in [1.82, 2.24) is 0 Å². The van der Waals surface area contributed by atoms with E-state index in [-0.39, 0.29) is 25.2 Å². The first kappa shape index (κ1) is 59.9. The summed E-state index contributed by atoms with van der Waals surface area (Å²) >= 11 is 0. The van der Waals surface area contributed by atoms with Gasteiger partial charge in [0.05, 0.1) is 6.61 Å². The van der Waals surface area contributed by atoms with Crippen molar-refractivity contribution in [3.05, 3.63) is 48.6 Å². The number of allylic oxidation sites excluding steroid dienone is 8. The van der Waals surface area contributed by atoms with Crippen LogP contribution in [0.4, 0.5) is 0 Å². The van der Waals surface area contributed by atoms with Crippen LogP contribution >= 0.6 is 0 Å². The molecule has 0 aliphatic rings. The van der Waals surface area contributed by atoms with Gasteiger partial charge in [0.2, 0.25) is 0 Å². The van der Waals surface area contributed by atoms with Crippen LogP contribution in [0, 0.1) is 0 Å². The van der Waals surface area contributed by atoms with Crippen molar-refractivity contribution in [3.8, 4) is 0 Å². The molecule has 1 atom stereocenters. The van der Waals surface area contributed by atoms with Gasteiger partial charge in [0.25, 0.3) is 0 Å². The highest BCUT2D eigenvalue weighted by atomic mass is 16.6. The van der Waals surface area contributed by atoms with Gasteiger partial charge >= 0.3 is 11.9 Å². The average molecular weight is 869 g/mol. The summed E-state index contributed by atoms with van der Waals surface area (Å²) in [6.07, 6.45) is 65.5. The second-order valence-corrected chi connectivity index (χ2v) is 18.1. The van der Waals surface area contributed by atoms with Gasteiger partial charge in [0.1, 0.15) is 6.61 Å². The summed E-state index contributed by atoms with van der Waals surface area (Å²) in [7, 11) is 0. The second kappa shape index (κ2) is 53.2. The fourth-order valence-electron chi connectivity index (χ4n) is 7.71. The monoisotopic (exact) mass is 869 g/mol. The predicted molar refractivity (Wildman–Crippen MR) is 270 cm³/mol. The van der Waals surface area contributed by atoms with E-state index in [0.717, 1.165) is 70.6 Å². The number of rotatable bonds is 50. The molecule has 0 saturated carbocycles. The van der Waals surface area contributed by atoms with Crippen LogP contribution in [-0.2, 0) is 23.8 Å². The maximum Gasteiger partial charge on any atom is 0.306 e. The fourth-order valence-corrected chi connectivity index (χ4v) is 7.71. The minimum atomic E-state index is -0.546. The van der Waals surface area contributed by atoms with Crippen LogP contribution in [-0.4, -0.2) is 37.9 Å². The van der Waals surface area contributed by atoms with Gasteiger partial charge in [-0.15, -0.1) is 0 Å². The molecule has 0 aliphatic heterocycles. The van der Waals surface area contributed by atoms with Crippen LogP contribution in [0.15, 0.2) is 48.6 Å². The first-order valence-electron chi connectivity index (χ1n) is 27.2. The number of ether oxygens (including phenoxy) is 3. The molecule has 5 nitrogen and oxygen atoms in total. The summed E-state index contributed by atoms with van der Waals surface area (Å²) in [6.45, 7) is 7.79. The van der Waals surface area contributed by atoms with E-state index in [1.807, 2.05) is 0 Å². The summed E-state index contributed by atoms with van der Waals surface area (Å²) in [5, 5.41) is 0. The lowest BCUT2D eigenvalue weighted by molar-refractivity contribution is -0.163. The molecule has 0 heterocycles. The molecule has 0 aromatic rings. The molecule has 1 unspecified atom stereocenters. The van der Waals surface area contributed by atoms with Crippen molar-refractivity contribution in [1.29, 1.82) is 0 Å². The third-order valence-corrected chi connectivity index (χ3v) is 11.8. The summed E-state index contributed by atoms with van der Waals surface area (Å²) in [5.74, 6) is -0.415. The maximum absolute atomic E-state index is 12.8. The summed E-state index contributed by atoms with van der Waals surface area (Å²) in [4.78, 5) is 25.4. The molecule has 0 rings (SSSR count). The number of esters is 2. The number of unbranched alkanes of at least 4 members (excludes halogenated alkanes) is 31. The van der Waals surface area contributed by atoms with Gasteiger partial charge in [-0.1, -0.05) is 211 Å². The van der Waals surface area contributed by atoms with E-state index in [0.29, 0.717) is 19.4 Å². The molecule has 0 radical (unpaired) electrons. The molecule has 0 aromatic heterocycles. The maximum atomic E-state index is 12.8. The van der Waals surface area contributed by atoms with Crippen molar-refractivity contribution >= 4 is 11.9 Å². The molecule has 5 heteroatoms. The Bertz CT molecular complexity index is 1030. The van der Waals surface area contributed by atoms with Crippen molar-refractivity contribution in [2.75, 3.05) is 19.8 Å². The lowest BCUT2D eigenvalue weighted by atomic mass is 10.1. The van der Waals surface area contributed by atoms with Crippen molar-refractivity contribution in [2.45, 2.75) is 284 Å². The van der Waals surface area contributed by atoms with E-state index in [9.17, 15) is 9.59 Å².